The highest BCUT2D eigenvalue weighted by Crippen LogP contribution is 2.45. The number of hydrogen-bond acceptors (Lipinski definition) is 5. The summed E-state index contributed by atoms with van der Waals surface area (Å²) in [5.41, 5.74) is 1.65. The van der Waals surface area contributed by atoms with Crippen molar-refractivity contribution in [3.8, 4) is 22.6 Å². The Morgan fingerprint density at radius 3 is 1.89 bits per heavy atom. The molecule has 4 aromatic carbocycles. The number of ketones is 1. The van der Waals surface area contributed by atoms with Crippen LogP contribution in [0.15, 0.2) is 72.8 Å². The minimum atomic E-state index is -0.433. The molecule has 4 aromatic rings. The fraction of sp³-hybridized carbons (Fsp3) is 0.267. The van der Waals surface area contributed by atoms with Gasteiger partial charge in [-0.2, -0.15) is 0 Å². The summed E-state index contributed by atoms with van der Waals surface area (Å²) in [4.78, 5) is 24.8. The van der Waals surface area contributed by atoms with E-state index >= 15 is 0 Å². The van der Waals surface area contributed by atoms with Gasteiger partial charge in [-0.3, -0.25) is 9.59 Å². The Labute approximate surface area is 205 Å². The van der Waals surface area contributed by atoms with Crippen LogP contribution in [0.3, 0.4) is 0 Å². The van der Waals surface area contributed by atoms with E-state index in [4.69, 9.17) is 14.2 Å². The van der Waals surface area contributed by atoms with Crippen LogP contribution in [0.25, 0.3) is 32.7 Å². The van der Waals surface area contributed by atoms with Gasteiger partial charge in [0.2, 0.25) is 0 Å². The summed E-state index contributed by atoms with van der Waals surface area (Å²) in [6.45, 7) is 4.51. The molecule has 0 amide bonds. The molecule has 5 heteroatoms. The van der Waals surface area contributed by atoms with Crippen molar-refractivity contribution >= 4 is 33.3 Å². The van der Waals surface area contributed by atoms with Gasteiger partial charge in [-0.05, 0) is 33.7 Å². The van der Waals surface area contributed by atoms with Crippen molar-refractivity contribution in [1.82, 2.24) is 0 Å². The van der Waals surface area contributed by atoms with Crippen molar-refractivity contribution in [2.45, 2.75) is 26.7 Å². The molecule has 5 nitrogen and oxygen atoms in total. The number of rotatable bonds is 10. The molecule has 0 aliphatic carbocycles. The van der Waals surface area contributed by atoms with Gasteiger partial charge in [0.1, 0.15) is 23.9 Å². The number of ether oxygens (including phenoxy) is 3. The topological polar surface area (TPSA) is 61.8 Å². The summed E-state index contributed by atoms with van der Waals surface area (Å²) in [5.74, 6) is 0.630. The van der Waals surface area contributed by atoms with Gasteiger partial charge in [-0.1, -0.05) is 74.5 Å². The van der Waals surface area contributed by atoms with Crippen LogP contribution in [-0.2, 0) is 14.3 Å². The molecule has 0 atom stereocenters. The van der Waals surface area contributed by atoms with Crippen molar-refractivity contribution in [2.75, 3.05) is 20.3 Å². The Hall–Kier alpha value is -3.70. The van der Waals surface area contributed by atoms with Crippen LogP contribution in [0.1, 0.15) is 26.7 Å². The molecule has 4 rings (SSSR count). The number of methoxy groups -OCH3 is 1. The van der Waals surface area contributed by atoms with Crippen molar-refractivity contribution < 1.29 is 23.8 Å². The first kappa shape index (κ1) is 24.4. The van der Waals surface area contributed by atoms with Crippen LogP contribution >= 0.6 is 0 Å². The predicted molar refractivity (Wildman–Crippen MR) is 139 cm³/mol. The number of fused-ring (bicyclic) bond motifs is 2. The first-order valence-electron chi connectivity index (χ1n) is 11.9. The lowest BCUT2D eigenvalue weighted by atomic mass is 9.92. The summed E-state index contributed by atoms with van der Waals surface area (Å²) in [7, 11) is 1.64. The molecule has 0 heterocycles. The Bertz CT molecular complexity index is 1360. The quantitative estimate of drug-likeness (QED) is 0.149. The third kappa shape index (κ3) is 5.52. The van der Waals surface area contributed by atoms with Crippen molar-refractivity contribution in [3.63, 3.8) is 0 Å². The summed E-state index contributed by atoms with van der Waals surface area (Å²) >= 11 is 0. The van der Waals surface area contributed by atoms with Gasteiger partial charge in [0.25, 0.3) is 0 Å². The summed E-state index contributed by atoms with van der Waals surface area (Å²) < 4.78 is 17.2. The largest absolute Gasteiger partial charge is 0.491 e. The van der Waals surface area contributed by atoms with Gasteiger partial charge in [0.05, 0.1) is 13.0 Å². The molecule has 0 spiro atoms. The number of Topliss-reactive ketones (excluding diaryl/α,β-unsaturated/α-hetero) is 1. The number of carbonyl (C=O) groups excluding carboxylic acids is 2. The van der Waals surface area contributed by atoms with Gasteiger partial charge in [0, 0.05) is 30.6 Å². The van der Waals surface area contributed by atoms with E-state index in [1.54, 1.807) is 7.11 Å². The molecule has 0 saturated heterocycles. The monoisotopic (exact) mass is 470 g/mol. The van der Waals surface area contributed by atoms with Crippen molar-refractivity contribution in [3.05, 3.63) is 72.8 Å². The second kappa shape index (κ2) is 11.2. The first-order chi connectivity index (χ1) is 17.0. The maximum atomic E-state index is 12.8. The minimum Gasteiger partial charge on any atom is -0.491 e. The zero-order chi connectivity index (χ0) is 24.8. The lowest BCUT2D eigenvalue weighted by molar-refractivity contribution is -0.136. The van der Waals surface area contributed by atoms with E-state index in [0.717, 1.165) is 32.7 Å². The molecule has 0 saturated carbocycles. The third-order valence-corrected chi connectivity index (χ3v) is 6.02. The van der Waals surface area contributed by atoms with Crippen LogP contribution in [0.4, 0.5) is 0 Å². The molecule has 35 heavy (non-hydrogen) atoms. The van der Waals surface area contributed by atoms with Crippen LogP contribution < -0.4 is 9.47 Å². The summed E-state index contributed by atoms with van der Waals surface area (Å²) in [6.07, 6.45) is 0.203. The lowest BCUT2D eigenvalue weighted by Gasteiger charge is -2.19. The van der Waals surface area contributed by atoms with Crippen molar-refractivity contribution in [2.24, 2.45) is 5.92 Å². The molecule has 0 aromatic heterocycles. The van der Waals surface area contributed by atoms with Gasteiger partial charge >= 0.3 is 5.97 Å². The SMILES string of the molecule is COCCOc1ccc2ccccc2c1-c1c(OC(=O)CCC(=O)C(C)C)ccc2ccccc12. The van der Waals surface area contributed by atoms with E-state index in [1.165, 1.54) is 0 Å². The number of carbonyl (C=O) groups is 2. The van der Waals surface area contributed by atoms with Crippen LogP contribution in [0.2, 0.25) is 0 Å². The third-order valence-electron chi connectivity index (χ3n) is 6.02. The van der Waals surface area contributed by atoms with Gasteiger partial charge in [0.15, 0.2) is 0 Å². The molecule has 0 bridgehead atoms. The van der Waals surface area contributed by atoms with E-state index in [1.807, 2.05) is 86.6 Å². The molecule has 0 N–H and O–H groups in total. The highest BCUT2D eigenvalue weighted by atomic mass is 16.5. The van der Waals surface area contributed by atoms with Crippen LogP contribution in [-0.4, -0.2) is 32.1 Å². The number of esters is 1. The average Bonchev–Trinajstić information content (AvgIpc) is 2.87. The Morgan fingerprint density at radius 1 is 0.714 bits per heavy atom. The smallest absolute Gasteiger partial charge is 0.311 e. The van der Waals surface area contributed by atoms with Crippen molar-refractivity contribution in [1.29, 1.82) is 0 Å². The van der Waals surface area contributed by atoms with Gasteiger partial charge < -0.3 is 14.2 Å². The second-order valence-electron chi connectivity index (χ2n) is 8.76. The van der Waals surface area contributed by atoms with E-state index in [2.05, 4.69) is 0 Å². The number of hydrogen-bond donors (Lipinski definition) is 0. The second-order valence-corrected chi connectivity index (χ2v) is 8.76. The van der Waals surface area contributed by atoms with E-state index in [9.17, 15) is 9.59 Å². The van der Waals surface area contributed by atoms with Gasteiger partial charge in [-0.15, -0.1) is 0 Å². The lowest BCUT2D eigenvalue weighted by Crippen LogP contribution is -2.14. The van der Waals surface area contributed by atoms with Crippen LogP contribution in [0.5, 0.6) is 11.5 Å². The molecule has 180 valence electrons. The maximum Gasteiger partial charge on any atom is 0.311 e. The Morgan fingerprint density at radius 2 is 1.29 bits per heavy atom. The molecular weight excluding hydrogens is 440 g/mol. The molecular formula is C30H30O5. The molecule has 0 aliphatic heterocycles. The number of benzene rings is 4. The molecule has 0 radical (unpaired) electrons. The Kier molecular flexibility index (Phi) is 7.78. The molecule has 0 aliphatic rings. The minimum absolute atomic E-state index is 0.0377. The van der Waals surface area contributed by atoms with Crippen LogP contribution in [0, 0.1) is 5.92 Å². The average molecular weight is 471 g/mol. The molecule has 0 fully saturated rings. The fourth-order valence-corrected chi connectivity index (χ4v) is 4.15. The van der Waals surface area contributed by atoms with E-state index in [0.29, 0.717) is 24.7 Å². The fourth-order valence-electron chi connectivity index (χ4n) is 4.15. The van der Waals surface area contributed by atoms with E-state index in [-0.39, 0.29) is 24.5 Å². The van der Waals surface area contributed by atoms with E-state index < -0.39 is 5.97 Å². The Balaban J connectivity index is 1.86. The summed E-state index contributed by atoms with van der Waals surface area (Å²) in [6, 6.07) is 23.8. The standard InChI is InChI=1S/C30H30O5/c1-20(2)25(31)14-17-28(32)35-27-16-13-22-9-5-7-11-24(22)30(27)29-23-10-6-4-8-21(23)12-15-26(29)34-19-18-33-3/h4-13,15-16,20H,14,17-19H2,1-3H3. The molecule has 0 unspecified atom stereocenters. The summed E-state index contributed by atoms with van der Waals surface area (Å²) in [5, 5.41) is 4.01. The zero-order valence-electron chi connectivity index (χ0n) is 20.4. The first-order valence-corrected chi connectivity index (χ1v) is 11.9. The predicted octanol–water partition coefficient (Wildman–Crippen LogP) is 6.60. The van der Waals surface area contributed by atoms with Gasteiger partial charge in [-0.25, -0.2) is 0 Å². The highest BCUT2D eigenvalue weighted by molar-refractivity contribution is 6.10. The maximum absolute atomic E-state index is 12.8. The normalized spacial score (nSPS) is 11.2. The zero-order valence-corrected chi connectivity index (χ0v) is 20.4. The highest BCUT2D eigenvalue weighted by Gasteiger charge is 2.21.